The molecule has 0 spiro atoms. The Morgan fingerprint density at radius 3 is 2.24 bits per heavy atom. The van der Waals surface area contributed by atoms with E-state index in [0.717, 1.165) is 25.9 Å². The van der Waals surface area contributed by atoms with Crippen LogP contribution in [-0.2, 0) is 9.59 Å². The number of hydrogen-bond donors (Lipinski definition) is 3. The van der Waals surface area contributed by atoms with Crippen molar-refractivity contribution in [2.45, 2.75) is 58.7 Å². The second-order valence-electron chi connectivity index (χ2n) is 6.46. The molecule has 0 radical (unpaired) electrons. The number of carbonyl (C=O) groups excluding carboxylic acids is 2. The van der Waals surface area contributed by atoms with Crippen molar-refractivity contribution in [3.8, 4) is 0 Å². The molecule has 4 N–H and O–H groups in total. The monoisotopic (exact) mass is 298 g/mol. The Balaban J connectivity index is 2.24. The summed E-state index contributed by atoms with van der Waals surface area (Å²) in [6, 6.07) is 0.203. The van der Waals surface area contributed by atoms with Crippen molar-refractivity contribution < 1.29 is 9.59 Å². The molecule has 0 aromatic carbocycles. The van der Waals surface area contributed by atoms with E-state index in [1.165, 1.54) is 0 Å². The van der Waals surface area contributed by atoms with Gasteiger partial charge in [0, 0.05) is 25.2 Å². The van der Waals surface area contributed by atoms with Crippen LogP contribution in [-0.4, -0.2) is 54.5 Å². The number of nitrogens with one attached hydrogen (secondary N) is 2. The van der Waals surface area contributed by atoms with E-state index in [1.54, 1.807) is 0 Å². The Morgan fingerprint density at radius 2 is 1.76 bits per heavy atom. The van der Waals surface area contributed by atoms with E-state index >= 15 is 0 Å². The average molecular weight is 298 g/mol. The molecular formula is C15H30N4O2. The molecule has 0 saturated carbocycles. The third kappa shape index (κ3) is 6.01. The highest BCUT2D eigenvalue weighted by Crippen LogP contribution is 2.12. The van der Waals surface area contributed by atoms with Gasteiger partial charge in [0.25, 0.3) is 0 Å². The zero-order valence-electron chi connectivity index (χ0n) is 13.7. The minimum atomic E-state index is -0.563. The van der Waals surface area contributed by atoms with Crippen molar-refractivity contribution >= 4 is 11.8 Å². The summed E-state index contributed by atoms with van der Waals surface area (Å²) in [5.74, 6) is -0.342. The molecule has 1 aliphatic rings. The number of amides is 2. The molecule has 1 heterocycles. The van der Waals surface area contributed by atoms with Gasteiger partial charge in [-0.25, -0.2) is 0 Å². The predicted octanol–water partition coefficient (Wildman–Crippen LogP) is 0.0749. The van der Waals surface area contributed by atoms with Gasteiger partial charge in [0.1, 0.15) is 0 Å². The highest BCUT2D eigenvalue weighted by atomic mass is 16.2. The average Bonchev–Trinajstić information content (AvgIpc) is 2.44. The molecule has 1 atom stereocenters. The summed E-state index contributed by atoms with van der Waals surface area (Å²) in [5, 5.41) is 5.57. The van der Waals surface area contributed by atoms with E-state index in [2.05, 4.69) is 29.4 Å². The lowest BCUT2D eigenvalue weighted by Gasteiger charge is -2.34. The van der Waals surface area contributed by atoms with Crippen LogP contribution in [0.4, 0.5) is 0 Å². The minimum absolute atomic E-state index is 0.00362. The molecular weight excluding hydrogens is 268 g/mol. The van der Waals surface area contributed by atoms with Crippen LogP contribution in [0.1, 0.15) is 40.5 Å². The Kier molecular flexibility index (Phi) is 7.11. The predicted molar refractivity (Wildman–Crippen MR) is 83.7 cm³/mol. The number of rotatable bonds is 6. The number of nitrogens with zero attached hydrogens (tertiary/aromatic N) is 1. The number of likely N-dealkylation sites (tertiary alicyclic amines) is 1. The zero-order valence-corrected chi connectivity index (χ0v) is 13.7. The van der Waals surface area contributed by atoms with E-state index in [9.17, 15) is 9.59 Å². The van der Waals surface area contributed by atoms with Gasteiger partial charge in [-0.1, -0.05) is 13.8 Å². The van der Waals surface area contributed by atoms with Crippen LogP contribution >= 0.6 is 0 Å². The summed E-state index contributed by atoms with van der Waals surface area (Å²) in [6.07, 6.45) is 1.92. The first-order valence-corrected chi connectivity index (χ1v) is 7.88. The van der Waals surface area contributed by atoms with Crippen LogP contribution in [0.3, 0.4) is 0 Å². The van der Waals surface area contributed by atoms with Gasteiger partial charge in [0.15, 0.2) is 0 Å². The molecule has 0 unspecified atom stereocenters. The van der Waals surface area contributed by atoms with Crippen LogP contribution in [0.15, 0.2) is 0 Å². The fraction of sp³-hybridized carbons (Fsp3) is 0.867. The van der Waals surface area contributed by atoms with E-state index < -0.39 is 6.04 Å². The SMILES string of the molecule is CC(C)[C@H](N)C(=O)NCC(=O)NC1CCN(C(C)C)CC1. The van der Waals surface area contributed by atoms with Gasteiger partial charge >= 0.3 is 0 Å². The lowest BCUT2D eigenvalue weighted by molar-refractivity contribution is -0.127. The Labute approximate surface area is 127 Å². The quantitative estimate of drug-likeness (QED) is 0.648. The van der Waals surface area contributed by atoms with Crippen LogP contribution in [0, 0.1) is 5.92 Å². The molecule has 1 saturated heterocycles. The van der Waals surface area contributed by atoms with E-state index in [1.807, 2.05) is 13.8 Å². The molecule has 0 bridgehead atoms. The summed E-state index contributed by atoms with van der Waals surface area (Å²) in [6.45, 7) is 10.2. The number of piperidine rings is 1. The van der Waals surface area contributed by atoms with Crippen LogP contribution in [0.25, 0.3) is 0 Å². The summed E-state index contributed by atoms with van der Waals surface area (Å²) >= 11 is 0. The van der Waals surface area contributed by atoms with Gasteiger partial charge < -0.3 is 21.3 Å². The Morgan fingerprint density at radius 1 is 1.19 bits per heavy atom. The van der Waals surface area contributed by atoms with Gasteiger partial charge in [0.2, 0.25) is 11.8 Å². The standard InChI is InChI=1S/C15H30N4O2/c1-10(2)14(16)15(21)17-9-13(20)18-12-5-7-19(8-6-12)11(3)4/h10-12,14H,5-9,16H2,1-4H3,(H,17,21)(H,18,20)/t14-/m0/s1. The summed E-state index contributed by atoms with van der Waals surface area (Å²) in [4.78, 5) is 25.9. The Hall–Kier alpha value is -1.14. The molecule has 122 valence electrons. The summed E-state index contributed by atoms with van der Waals surface area (Å²) in [7, 11) is 0. The smallest absolute Gasteiger partial charge is 0.239 e. The Bertz CT molecular complexity index is 350. The highest BCUT2D eigenvalue weighted by Gasteiger charge is 2.22. The fourth-order valence-corrected chi connectivity index (χ4v) is 2.43. The third-order valence-corrected chi connectivity index (χ3v) is 4.07. The van der Waals surface area contributed by atoms with E-state index in [-0.39, 0.29) is 30.3 Å². The normalized spacial score (nSPS) is 18.8. The van der Waals surface area contributed by atoms with Crippen molar-refractivity contribution in [2.75, 3.05) is 19.6 Å². The van der Waals surface area contributed by atoms with Crippen molar-refractivity contribution in [3.05, 3.63) is 0 Å². The van der Waals surface area contributed by atoms with E-state index in [4.69, 9.17) is 5.73 Å². The second-order valence-corrected chi connectivity index (χ2v) is 6.46. The van der Waals surface area contributed by atoms with Crippen LogP contribution < -0.4 is 16.4 Å². The molecule has 2 amide bonds. The van der Waals surface area contributed by atoms with E-state index in [0.29, 0.717) is 6.04 Å². The van der Waals surface area contributed by atoms with Crippen LogP contribution in [0.2, 0.25) is 0 Å². The van der Waals surface area contributed by atoms with Gasteiger partial charge in [-0.3, -0.25) is 9.59 Å². The lowest BCUT2D eigenvalue weighted by Crippen LogP contribution is -2.50. The maximum atomic E-state index is 11.8. The maximum Gasteiger partial charge on any atom is 0.239 e. The van der Waals surface area contributed by atoms with Crippen molar-refractivity contribution in [1.82, 2.24) is 15.5 Å². The van der Waals surface area contributed by atoms with Gasteiger partial charge in [0.05, 0.1) is 12.6 Å². The first kappa shape index (κ1) is 17.9. The maximum absolute atomic E-state index is 11.8. The molecule has 0 aromatic heterocycles. The lowest BCUT2D eigenvalue weighted by atomic mass is 10.0. The van der Waals surface area contributed by atoms with Gasteiger partial charge in [-0.15, -0.1) is 0 Å². The minimum Gasteiger partial charge on any atom is -0.352 e. The number of carbonyl (C=O) groups is 2. The molecule has 21 heavy (non-hydrogen) atoms. The largest absolute Gasteiger partial charge is 0.352 e. The highest BCUT2D eigenvalue weighted by molar-refractivity contribution is 5.87. The number of nitrogens with two attached hydrogens (primary N) is 1. The summed E-state index contributed by atoms with van der Waals surface area (Å²) < 4.78 is 0. The number of hydrogen-bond acceptors (Lipinski definition) is 4. The van der Waals surface area contributed by atoms with Crippen molar-refractivity contribution in [2.24, 2.45) is 11.7 Å². The van der Waals surface area contributed by atoms with Crippen molar-refractivity contribution in [1.29, 1.82) is 0 Å². The molecule has 1 aliphatic heterocycles. The topological polar surface area (TPSA) is 87.5 Å². The molecule has 1 rings (SSSR count). The molecule has 6 heteroatoms. The zero-order chi connectivity index (χ0) is 16.0. The molecule has 1 fully saturated rings. The molecule has 0 aliphatic carbocycles. The second kappa shape index (κ2) is 8.34. The van der Waals surface area contributed by atoms with Crippen LogP contribution in [0.5, 0.6) is 0 Å². The fourth-order valence-electron chi connectivity index (χ4n) is 2.43. The molecule has 6 nitrogen and oxygen atoms in total. The third-order valence-electron chi connectivity index (χ3n) is 4.07. The van der Waals surface area contributed by atoms with Gasteiger partial charge in [-0.05, 0) is 32.6 Å². The summed E-state index contributed by atoms with van der Waals surface area (Å²) in [5.41, 5.74) is 5.72. The first-order chi connectivity index (χ1) is 9.81. The van der Waals surface area contributed by atoms with Gasteiger partial charge in [-0.2, -0.15) is 0 Å². The molecule has 0 aromatic rings. The van der Waals surface area contributed by atoms with Crippen molar-refractivity contribution in [3.63, 3.8) is 0 Å². The first-order valence-electron chi connectivity index (χ1n) is 7.88.